The van der Waals surface area contributed by atoms with Gasteiger partial charge in [0.2, 0.25) is 0 Å². The van der Waals surface area contributed by atoms with Gasteiger partial charge in [-0.2, -0.15) is 0 Å². The Kier molecular flexibility index (Phi) is 2.87. The van der Waals surface area contributed by atoms with Gasteiger partial charge in [0.15, 0.2) is 0 Å². The molecule has 13 heavy (non-hydrogen) atoms. The summed E-state index contributed by atoms with van der Waals surface area (Å²) in [5, 5.41) is 17.5. The first-order chi connectivity index (χ1) is 6.09. The highest BCUT2D eigenvalue weighted by atomic mass is 16.6. The van der Waals surface area contributed by atoms with E-state index in [2.05, 4.69) is 0 Å². The molecule has 1 atom stereocenters. The van der Waals surface area contributed by atoms with Gasteiger partial charge in [-0.1, -0.05) is 12.1 Å². The summed E-state index contributed by atoms with van der Waals surface area (Å²) in [5.41, 5.74) is 6.12. The van der Waals surface area contributed by atoms with Crippen LogP contribution in [0.1, 0.15) is 5.56 Å². The van der Waals surface area contributed by atoms with E-state index >= 15 is 0 Å². The second kappa shape index (κ2) is 3.91. The number of carboxylic acid groups (broad SMARTS) is 1. The number of benzene rings is 1. The monoisotopic (exact) mass is 183 g/mol. The standard InChI is InChI=1S/C9H11NO3/c10-8(9(12)13)5-6-1-3-7(11)4-2-6/h1-4,8,11H,5,10H2,(H,12,13)/t8-/m0/s1/i9+2. The first kappa shape index (κ1) is 9.54. The Bertz CT molecular complexity index is 294. The molecule has 0 saturated heterocycles. The van der Waals surface area contributed by atoms with Crippen LogP contribution >= 0.6 is 0 Å². The van der Waals surface area contributed by atoms with Crippen LogP contribution in [0.15, 0.2) is 24.3 Å². The highest BCUT2D eigenvalue weighted by Gasteiger charge is 2.11. The molecule has 0 bridgehead atoms. The van der Waals surface area contributed by atoms with Crippen LogP contribution in [-0.4, -0.2) is 22.2 Å². The number of hydrogen-bond donors (Lipinski definition) is 3. The second-order valence-electron chi connectivity index (χ2n) is 2.82. The minimum Gasteiger partial charge on any atom is -0.508 e. The Labute approximate surface area is 75.6 Å². The third-order valence-corrected chi connectivity index (χ3v) is 1.71. The van der Waals surface area contributed by atoms with Crippen LogP contribution in [0.5, 0.6) is 5.75 Å². The van der Waals surface area contributed by atoms with E-state index in [1.54, 1.807) is 12.1 Å². The molecule has 0 saturated carbocycles. The van der Waals surface area contributed by atoms with Crippen molar-refractivity contribution in [3.05, 3.63) is 29.8 Å². The number of carbonyl (C=O) groups is 1. The third-order valence-electron chi connectivity index (χ3n) is 1.71. The van der Waals surface area contributed by atoms with E-state index < -0.39 is 12.0 Å². The molecule has 4 nitrogen and oxygen atoms in total. The predicted molar refractivity (Wildman–Crippen MR) is 47.4 cm³/mol. The molecule has 0 aliphatic rings. The van der Waals surface area contributed by atoms with Crippen molar-refractivity contribution in [2.24, 2.45) is 5.73 Å². The molecule has 0 aromatic heterocycles. The van der Waals surface area contributed by atoms with Crippen molar-refractivity contribution in [2.75, 3.05) is 0 Å². The summed E-state index contributed by atoms with van der Waals surface area (Å²) in [6.45, 7) is 0. The molecule has 0 amide bonds. The molecule has 1 aromatic carbocycles. The van der Waals surface area contributed by atoms with Gasteiger partial charge in [-0.05, 0) is 24.1 Å². The van der Waals surface area contributed by atoms with Gasteiger partial charge in [-0.3, -0.25) is 4.79 Å². The van der Waals surface area contributed by atoms with Crippen LogP contribution in [0.3, 0.4) is 0 Å². The van der Waals surface area contributed by atoms with Crippen LogP contribution < -0.4 is 5.73 Å². The Balaban J connectivity index is 2.64. The first-order valence-corrected chi connectivity index (χ1v) is 3.86. The maximum Gasteiger partial charge on any atom is 0.320 e. The molecule has 0 spiro atoms. The third kappa shape index (κ3) is 2.76. The number of phenols is 1. The molecular weight excluding hydrogens is 172 g/mol. The van der Waals surface area contributed by atoms with Crippen molar-refractivity contribution < 1.29 is 15.0 Å². The molecule has 1 aromatic rings. The van der Waals surface area contributed by atoms with Crippen molar-refractivity contribution in [1.82, 2.24) is 0 Å². The summed E-state index contributed by atoms with van der Waals surface area (Å²) >= 11 is 0. The van der Waals surface area contributed by atoms with E-state index in [4.69, 9.17) is 15.9 Å². The summed E-state index contributed by atoms with van der Waals surface area (Å²) in [7, 11) is 0. The Morgan fingerprint density at radius 1 is 1.38 bits per heavy atom. The van der Waals surface area contributed by atoms with Crippen LogP contribution in [-0.2, 0) is 11.2 Å². The highest BCUT2D eigenvalue weighted by Crippen LogP contribution is 2.10. The van der Waals surface area contributed by atoms with Crippen molar-refractivity contribution in [1.29, 1.82) is 0 Å². The van der Waals surface area contributed by atoms with Gasteiger partial charge in [0, 0.05) is 0 Å². The number of aromatic hydroxyl groups is 1. The smallest absolute Gasteiger partial charge is 0.320 e. The quantitative estimate of drug-likeness (QED) is 0.631. The molecule has 0 fully saturated rings. The summed E-state index contributed by atoms with van der Waals surface area (Å²) in [6.07, 6.45) is 0.273. The van der Waals surface area contributed by atoms with Gasteiger partial charge in [0.25, 0.3) is 0 Å². The van der Waals surface area contributed by atoms with Gasteiger partial charge in [-0.15, -0.1) is 0 Å². The lowest BCUT2D eigenvalue weighted by Crippen LogP contribution is -2.32. The van der Waals surface area contributed by atoms with Gasteiger partial charge < -0.3 is 15.9 Å². The zero-order chi connectivity index (χ0) is 9.84. The van der Waals surface area contributed by atoms with E-state index in [0.29, 0.717) is 0 Å². The largest absolute Gasteiger partial charge is 0.508 e. The minimum atomic E-state index is -1.02. The van der Waals surface area contributed by atoms with Crippen LogP contribution in [0.4, 0.5) is 0 Å². The topological polar surface area (TPSA) is 83.5 Å². The van der Waals surface area contributed by atoms with Crippen molar-refractivity contribution in [3.63, 3.8) is 0 Å². The van der Waals surface area contributed by atoms with Gasteiger partial charge in [0.1, 0.15) is 11.8 Å². The first-order valence-electron chi connectivity index (χ1n) is 3.86. The summed E-state index contributed by atoms with van der Waals surface area (Å²) in [4.78, 5) is 10.4. The zero-order valence-corrected chi connectivity index (χ0v) is 6.97. The zero-order valence-electron chi connectivity index (χ0n) is 6.97. The van der Waals surface area contributed by atoms with E-state index in [-0.39, 0.29) is 12.2 Å². The SMILES string of the molecule is N[C@@H](Cc1ccc(O)cc1)[14C](=O)O. The van der Waals surface area contributed by atoms with Crippen molar-refractivity contribution >= 4 is 5.97 Å². The van der Waals surface area contributed by atoms with Gasteiger partial charge >= 0.3 is 5.97 Å². The Morgan fingerprint density at radius 3 is 2.38 bits per heavy atom. The summed E-state index contributed by atoms with van der Waals surface area (Å²) in [6, 6.07) is 5.42. The lowest BCUT2D eigenvalue weighted by molar-refractivity contribution is -0.138. The number of carboxylic acids is 1. The fraction of sp³-hybridized carbons (Fsp3) is 0.222. The van der Waals surface area contributed by atoms with E-state index in [9.17, 15) is 4.79 Å². The maximum atomic E-state index is 10.4. The second-order valence-corrected chi connectivity index (χ2v) is 2.82. The Hall–Kier alpha value is -1.55. The lowest BCUT2D eigenvalue weighted by Gasteiger charge is -2.05. The number of rotatable bonds is 3. The van der Waals surface area contributed by atoms with Crippen molar-refractivity contribution in [3.8, 4) is 5.75 Å². The predicted octanol–water partition coefficient (Wildman–Crippen LogP) is 0.347. The maximum absolute atomic E-state index is 10.4. The number of aliphatic carboxylic acids is 1. The molecular formula is C9H11NO3. The average molecular weight is 183 g/mol. The number of nitrogens with two attached hydrogens (primary N) is 1. The van der Waals surface area contributed by atoms with E-state index in [1.807, 2.05) is 0 Å². The molecule has 4 N–H and O–H groups in total. The molecule has 4 heteroatoms. The van der Waals surface area contributed by atoms with Gasteiger partial charge in [-0.25, -0.2) is 0 Å². The number of phenolic OH excluding ortho intramolecular Hbond substituents is 1. The molecule has 1 rings (SSSR count). The molecule has 70 valence electrons. The van der Waals surface area contributed by atoms with Crippen LogP contribution in [0, 0.1) is 0 Å². The Morgan fingerprint density at radius 2 is 1.92 bits per heavy atom. The van der Waals surface area contributed by atoms with Crippen molar-refractivity contribution in [2.45, 2.75) is 12.5 Å². The molecule has 0 aliphatic heterocycles. The average Bonchev–Trinajstić information content (AvgIpc) is 2.08. The normalized spacial score (nSPS) is 12.4. The van der Waals surface area contributed by atoms with Crippen LogP contribution in [0.25, 0.3) is 0 Å². The molecule has 0 unspecified atom stereocenters. The van der Waals surface area contributed by atoms with Crippen LogP contribution in [0.2, 0.25) is 0 Å². The minimum absolute atomic E-state index is 0.160. The molecule has 0 heterocycles. The van der Waals surface area contributed by atoms with E-state index in [0.717, 1.165) is 5.56 Å². The highest BCUT2D eigenvalue weighted by molar-refractivity contribution is 5.73. The van der Waals surface area contributed by atoms with Gasteiger partial charge in [0.05, 0.1) is 0 Å². The number of hydrogen-bond acceptors (Lipinski definition) is 3. The summed E-state index contributed by atoms with van der Waals surface area (Å²) in [5.74, 6) is -0.860. The molecule has 0 radical (unpaired) electrons. The van der Waals surface area contributed by atoms with E-state index in [1.165, 1.54) is 12.1 Å². The summed E-state index contributed by atoms with van der Waals surface area (Å²) < 4.78 is 0. The lowest BCUT2D eigenvalue weighted by atomic mass is 10.1. The molecule has 0 aliphatic carbocycles. The fourth-order valence-electron chi connectivity index (χ4n) is 0.973. The fourth-order valence-corrected chi connectivity index (χ4v) is 0.973.